The van der Waals surface area contributed by atoms with Crippen molar-refractivity contribution in [3.8, 4) is 0 Å². The standard InChI is InChI=1S/C15H21N3S/c16-15(19-12-13-8-4-3-5-9-13)18-17-14-10-6-1-2-7-11-14/h3-5,8-9H,1-2,6-7,10-12H2,(H2,16,18). The van der Waals surface area contributed by atoms with Crippen LogP contribution in [0.25, 0.3) is 0 Å². The fourth-order valence-electron chi connectivity index (χ4n) is 2.12. The molecule has 0 bridgehead atoms. The highest BCUT2D eigenvalue weighted by Crippen LogP contribution is 2.16. The topological polar surface area (TPSA) is 50.7 Å². The van der Waals surface area contributed by atoms with Crippen molar-refractivity contribution in [2.75, 3.05) is 0 Å². The number of rotatable bonds is 3. The van der Waals surface area contributed by atoms with E-state index in [9.17, 15) is 0 Å². The van der Waals surface area contributed by atoms with Gasteiger partial charge in [0, 0.05) is 11.5 Å². The summed E-state index contributed by atoms with van der Waals surface area (Å²) in [5.74, 6) is 0.848. The zero-order valence-corrected chi connectivity index (χ0v) is 12.0. The van der Waals surface area contributed by atoms with Crippen LogP contribution in [-0.4, -0.2) is 10.9 Å². The van der Waals surface area contributed by atoms with Gasteiger partial charge < -0.3 is 5.73 Å². The fraction of sp³-hybridized carbons (Fsp3) is 0.467. The van der Waals surface area contributed by atoms with E-state index >= 15 is 0 Å². The van der Waals surface area contributed by atoms with E-state index in [0.29, 0.717) is 5.17 Å². The zero-order valence-electron chi connectivity index (χ0n) is 11.2. The molecule has 1 saturated carbocycles. The van der Waals surface area contributed by atoms with E-state index in [-0.39, 0.29) is 0 Å². The van der Waals surface area contributed by atoms with E-state index in [2.05, 4.69) is 22.3 Å². The van der Waals surface area contributed by atoms with E-state index in [1.165, 1.54) is 37.0 Å². The minimum atomic E-state index is 0.556. The highest BCUT2D eigenvalue weighted by molar-refractivity contribution is 8.13. The van der Waals surface area contributed by atoms with Crippen molar-refractivity contribution in [2.45, 2.75) is 44.3 Å². The van der Waals surface area contributed by atoms with Crippen LogP contribution in [0.5, 0.6) is 0 Å². The number of nitrogens with zero attached hydrogens (tertiary/aromatic N) is 2. The number of thioether (sulfide) groups is 1. The predicted molar refractivity (Wildman–Crippen MR) is 84.5 cm³/mol. The van der Waals surface area contributed by atoms with Crippen LogP contribution >= 0.6 is 11.8 Å². The molecular weight excluding hydrogens is 254 g/mol. The Hall–Kier alpha value is -1.29. The molecule has 19 heavy (non-hydrogen) atoms. The van der Waals surface area contributed by atoms with Crippen molar-refractivity contribution >= 4 is 22.6 Å². The largest absolute Gasteiger partial charge is 0.377 e. The van der Waals surface area contributed by atoms with Gasteiger partial charge in [-0.1, -0.05) is 54.9 Å². The fourth-order valence-corrected chi connectivity index (χ4v) is 2.72. The molecule has 0 unspecified atom stereocenters. The van der Waals surface area contributed by atoms with Gasteiger partial charge in [0.15, 0.2) is 5.17 Å². The van der Waals surface area contributed by atoms with Crippen LogP contribution in [0, 0.1) is 0 Å². The summed E-state index contributed by atoms with van der Waals surface area (Å²) in [6, 6.07) is 10.3. The second-order valence-corrected chi connectivity index (χ2v) is 5.79. The van der Waals surface area contributed by atoms with Crippen LogP contribution in [0.3, 0.4) is 0 Å². The van der Waals surface area contributed by atoms with Crippen molar-refractivity contribution in [1.29, 1.82) is 0 Å². The third kappa shape index (κ3) is 5.47. The maximum atomic E-state index is 5.88. The summed E-state index contributed by atoms with van der Waals surface area (Å²) in [6.07, 6.45) is 7.29. The Balaban J connectivity index is 1.83. The minimum Gasteiger partial charge on any atom is -0.377 e. The van der Waals surface area contributed by atoms with Gasteiger partial charge in [0.1, 0.15) is 0 Å². The summed E-state index contributed by atoms with van der Waals surface area (Å²) in [7, 11) is 0. The minimum absolute atomic E-state index is 0.556. The molecule has 4 heteroatoms. The molecule has 1 aliphatic carbocycles. The Bertz CT molecular complexity index is 430. The molecule has 1 aliphatic rings. The van der Waals surface area contributed by atoms with Gasteiger partial charge in [-0.2, -0.15) is 5.10 Å². The number of benzene rings is 1. The molecule has 0 saturated heterocycles. The SMILES string of the molecule is N/C(=N/N=C1CCCCCC1)SCc1ccccc1. The van der Waals surface area contributed by atoms with Crippen LogP contribution in [0.2, 0.25) is 0 Å². The lowest BCUT2D eigenvalue weighted by molar-refractivity contribution is 0.702. The number of nitrogens with two attached hydrogens (primary N) is 1. The molecule has 3 nitrogen and oxygen atoms in total. The van der Waals surface area contributed by atoms with Crippen molar-refractivity contribution in [3.63, 3.8) is 0 Å². The lowest BCUT2D eigenvalue weighted by Gasteiger charge is -2.01. The lowest BCUT2D eigenvalue weighted by Crippen LogP contribution is -2.07. The van der Waals surface area contributed by atoms with Gasteiger partial charge in [-0.15, -0.1) is 5.10 Å². The molecule has 0 heterocycles. The summed E-state index contributed by atoms with van der Waals surface area (Å²) in [5.41, 5.74) is 8.35. The number of amidine groups is 1. The zero-order chi connectivity index (χ0) is 13.3. The van der Waals surface area contributed by atoms with Gasteiger partial charge in [0.25, 0.3) is 0 Å². The predicted octanol–water partition coefficient (Wildman–Crippen LogP) is 3.94. The summed E-state index contributed by atoms with van der Waals surface area (Å²) in [4.78, 5) is 0. The van der Waals surface area contributed by atoms with E-state index in [0.717, 1.165) is 18.6 Å². The Kier molecular flexibility index (Phi) is 5.95. The molecule has 1 aromatic carbocycles. The van der Waals surface area contributed by atoms with Crippen LogP contribution in [-0.2, 0) is 5.75 Å². The van der Waals surface area contributed by atoms with E-state index in [1.54, 1.807) is 11.8 Å². The Morgan fingerprint density at radius 3 is 2.42 bits per heavy atom. The van der Waals surface area contributed by atoms with Gasteiger partial charge in [-0.3, -0.25) is 0 Å². The number of hydrogen-bond donors (Lipinski definition) is 1. The Morgan fingerprint density at radius 1 is 1.05 bits per heavy atom. The van der Waals surface area contributed by atoms with Gasteiger partial charge in [-0.25, -0.2) is 0 Å². The molecule has 102 valence electrons. The second kappa shape index (κ2) is 8.00. The molecule has 0 amide bonds. The summed E-state index contributed by atoms with van der Waals surface area (Å²) in [5, 5.41) is 9.02. The van der Waals surface area contributed by atoms with Gasteiger partial charge in [-0.05, 0) is 31.2 Å². The van der Waals surface area contributed by atoms with Gasteiger partial charge in [0.2, 0.25) is 0 Å². The highest BCUT2D eigenvalue weighted by atomic mass is 32.2. The van der Waals surface area contributed by atoms with E-state index in [4.69, 9.17) is 5.73 Å². The maximum absolute atomic E-state index is 5.88. The molecule has 1 fully saturated rings. The van der Waals surface area contributed by atoms with Crippen molar-refractivity contribution in [2.24, 2.45) is 15.9 Å². The molecule has 1 aromatic rings. The van der Waals surface area contributed by atoms with Crippen LogP contribution in [0.1, 0.15) is 44.1 Å². The first kappa shape index (κ1) is 14.1. The summed E-state index contributed by atoms with van der Waals surface area (Å²) < 4.78 is 0. The molecule has 2 rings (SSSR count). The van der Waals surface area contributed by atoms with Gasteiger partial charge in [0.05, 0.1) is 0 Å². The van der Waals surface area contributed by atoms with Gasteiger partial charge >= 0.3 is 0 Å². The average molecular weight is 275 g/mol. The highest BCUT2D eigenvalue weighted by Gasteiger charge is 2.05. The summed E-state index contributed by atoms with van der Waals surface area (Å²) in [6.45, 7) is 0. The first-order valence-electron chi connectivity index (χ1n) is 6.90. The molecule has 0 aromatic heterocycles. The first-order chi connectivity index (χ1) is 9.34. The van der Waals surface area contributed by atoms with Crippen LogP contribution in [0.4, 0.5) is 0 Å². The first-order valence-corrected chi connectivity index (χ1v) is 7.89. The monoisotopic (exact) mass is 275 g/mol. The average Bonchev–Trinajstić information content (AvgIpc) is 2.73. The van der Waals surface area contributed by atoms with Crippen LogP contribution < -0.4 is 5.73 Å². The third-order valence-electron chi connectivity index (χ3n) is 3.20. The third-order valence-corrected chi connectivity index (χ3v) is 4.06. The molecule has 0 spiro atoms. The maximum Gasteiger partial charge on any atom is 0.180 e. The van der Waals surface area contributed by atoms with Crippen molar-refractivity contribution < 1.29 is 0 Å². The lowest BCUT2D eigenvalue weighted by atomic mass is 10.2. The quantitative estimate of drug-likeness (QED) is 0.393. The van der Waals surface area contributed by atoms with E-state index < -0.39 is 0 Å². The molecule has 0 aliphatic heterocycles. The normalized spacial score (nSPS) is 17.1. The van der Waals surface area contributed by atoms with E-state index in [1.807, 2.05) is 18.2 Å². The Labute approximate surface area is 119 Å². The molecular formula is C15H21N3S. The molecule has 2 N–H and O–H groups in total. The smallest absolute Gasteiger partial charge is 0.180 e. The van der Waals surface area contributed by atoms with Crippen molar-refractivity contribution in [1.82, 2.24) is 0 Å². The summed E-state index contributed by atoms with van der Waals surface area (Å²) >= 11 is 1.54. The molecule has 0 atom stereocenters. The Morgan fingerprint density at radius 2 is 1.74 bits per heavy atom. The second-order valence-electron chi connectivity index (χ2n) is 4.79. The molecule has 0 radical (unpaired) electrons. The van der Waals surface area contributed by atoms with Crippen LogP contribution in [0.15, 0.2) is 40.5 Å². The van der Waals surface area contributed by atoms with Crippen molar-refractivity contribution in [3.05, 3.63) is 35.9 Å². The number of hydrogen-bond acceptors (Lipinski definition) is 3.